The Labute approximate surface area is 89.5 Å². The molecule has 2 rings (SSSR count). The second-order valence-corrected chi connectivity index (χ2v) is 3.94. The molecule has 3 nitrogen and oxygen atoms in total. The van der Waals surface area contributed by atoms with E-state index in [1.807, 2.05) is 12.1 Å². The molecular weight excluding hydrogens is 188 g/mol. The molecule has 0 saturated heterocycles. The predicted molar refractivity (Wildman–Crippen MR) is 58.4 cm³/mol. The SMILES string of the molecule is N#Cc1cc(OCCC2CC2)ccc1N. The van der Waals surface area contributed by atoms with E-state index in [1.54, 1.807) is 12.1 Å². The smallest absolute Gasteiger partial charge is 0.120 e. The zero-order valence-electron chi connectivity index (χ0n) is 8.57. The summed E-state index contributed by atoms with van der Waals surface area (Å²) < 4.78 is 5.55. The maximum absolute atomic E-state index is 8.78. The average molecular weight is 202 g/mol. The number of anilines is 1. The lowest BCUT2D eigenvalue weighted by atomic mass is 10.2. The number of rotatable bonds is 4. The molecule has 1 aliphatic rings. The van der Waals surface area contributed by atoms with Gasteiger partial charge in [0.1, 0.15) is 11.8 Å². The monoisotopic (exact) mass is 202 g/mol. The van der Waals surface area contributed by atoms with Gasteiger partial charge in [-0.15, -0.1) is 0 Å². The van der Waals surface area contributed by atoms with Crippen molar-refractivity contribution in [3.63, 3.8) is 0 Å². The van der Waals surface area contributed by atoms with Gasteiger partial charge in [-0.05, 0) is 30.5 Å². The molecule has 0 unspecified atom stereocenters. The van der Waals surface area contributed by atoms with E-state index in [9.17, 15) is 0 Å². The van der Waals surface area contributed by atoms with E-state index in [1.165, 1.54) is 12.8 Å². The highest BCUT2D eigenvalue weighted by molar-refractivity contribution is 5.56. The first-order valence-corrected chi connectivity index (χ1v) is 5.22. The zero-order chi connectivity index (χ0) is 10.7. The van der Waals surface area contributed by atoms with Crippen molar-refractivity contribution in [3.8, 4) is 11.8 Å². The van der Waals surface area contributed by atoms with Gasteiger partial charge < -0.3 is 10.5 Å². The minimum atomic E-state index is 0.485. The Morgan fingerprint density at radius 2 is 2.27 bits per heavy atom. The lowest BCUT2D eigenvalue weighted by molar-refractivity contribution is 0.302. The summed E-state index contributed by atoms with van der Waals surface area (Å²) in [6, 6.07) is 7.26. The molecule has 15 heavy (non-hydrogen) atoms. The Balaban J connectivity index is 1.92. The summed E-state index contributed by atoms with van der Waals surface area (Å²) >= 11 is 0. The molecule has 0 aromatic heterocycles. The Bertz CT molecular complexity index is 391. The normalized spacial score (nSPS) is 14.6. The summed E-state index contributed by atoms with van der Waals surface area (Å²) in [6.07, 6.45) is 3.80. The van der Waals surface area contributed by atoms with Crippen LogP contribution in [-0.2, 0) is 0 Å². The second-order valence-electron chi connectivity index (χ2n) is 3.94. The van der Waals surface area contributed by atoms with Crippen molar-refractivity contribution in [2.24, 2.45) is 5.92 Å². The maximum atomic E-state index is 8.78. The molecule has 0 spiro atoms. The first-order valence-electron chi connectivity index (χ1n) is 5.22. The maximum Gasteiger partial charge on any atom is 0.120 e. The van der Waals surface area contributed by atoms with Gasteiger partial charge in [0.05, 0.1) is 12.2 Å². The minimum absolute atomic E-state index is 0.485. The van der Waals surface area contributed by atoms with E-state index >= 15 is 0 Å². The van der Waals surface area contributed by atoms with E-state index in [-0.39, 0.29) is 0 Å². The number of hydrogen-bond donors (Lipinski definition) is 1. The van der Waals surface area contributed by atoms with Gasteiger partial charge in [-0.1, -0.05) is 12.8 Å². The minimum Gasteiger partial charge on any atom is -0.494 e. The number of hydrogen-bond acceptors (Lipinski definition) is 3. The van der Waals surface area contributed by atoms with Crippen LogP contribution in [0.2, 0.25) is 0 Å². The lowest BCUT2D eigenvalue weighted by Gasteiger charge is -2.06. The van der Waals surface area contributed by atoms with Crippen LogP contribution in [0.4, 0.5) is 5.69 Å². The van der Waals surface area contributed by atoms with E-state index in [0.29, 0.717) is 11.3 Å². The van der Waals surface area contributed by atoms with Crippen molar-refractivity contribution in [3.05, 3.63) is 23.8 Å². The molecular formula is C12H14N2O. The fourth-order valence-electron chi connectivity index (χ4n) is 1.47. The summed E-state index contributed by atoms with van der Waals surface area (Å²) in [4.78, 5) is 0. The summed E-state index contributed by atoms with van der Waals surface area (Å²) in [5.41, 5.74) is 6.60. The van der Waals surface area contributed by atoms with Crippen LogP contribution in [0.3, 0.4) is 0 Å². The van der Waals surface area contributed by atoms with E-state index in [4.69, 9.17) is 15.7 Å². The molecule has 0 amide bonds. The fraction of sp³-hybridized carbons (Fsp3) is 0.417. The van der Waals surface area contributed by atoms with Crippen LogP contribution in [-0.4, -0.2) is 6.61 Å². The highest BCUT2D eigenvalue weighted by atomic mass is 16.5. The zero-order valence-corrected chi connectivity index (χ0v) is 8.57. The van der Waals surface area contributed by atoms with Crippen LogP contribution in [0.25, 0.3) is 0 Å². The molecule has 78 valence electrons. The van der Waals surface area contributed by atoms with Crippen LogP contribution >= 0.6 is 0 Å². The Morgan fingerprint density at radius 3 is 2.93 bits per heavy atom. The third kappa shape index (κ3) is 2.63. The lowest BCUT2D eigenvalue weighted by Crippen LogP contribution is -1.99. The average Bonchev–Trinajstić information content (AvgIpc) is 3.04. The van der Waals surface area contributed by atoms with Crippen molar-refractivity contribution >= 4 is 5.69 Å². The standard InChI is InChI=1S/C12H14N2O/c13-8-10-7-11(3-4-12(10)14)15-6-5-9-1-2-9/h3-4,7,9H,1-2,5-6,14H2. The quantitative estimate of drug-likeness (QED) is 0.762. The van der Waals surface area contributed by atoms with Gasteiger partial charge in [0.2, 0.25) is 0 Å². The van der Waals surface area contributed by atoms with Crippen LogP contribution in [0.15, 0.2) is 18.2 Å². The van der Waals surface area contributed by atoms with Gasteiger partial charge in [-0.2, -0.15) is 5.26 Å². The number of ether oxygens (including phenoxy) is 1. The Kier molecular flexibility index (Phi) is 2.77. The Morgan fingerprint density at radius 1 is 1.47 bits per heavy atom. The number of benzene rings is 1. The molecule has 1 aliphatic carbocycles. The first-order chi connectivity index (χ1) is 7.29. The van der Waals surface area contributed by atoms with Gasteiger partial charge in [0.25, 0.3) is 0 Å². The fourth-order valence-corrected chi connectivity index (χ4v) is 1.47. The van der Waals surface area contributed by atoms with Crippen LogP contribution in [0, 0.1) is 17.2 Å². The van der Waals surface area contributed by atoms with Crippen molar-refractivity contribution in [2.45, 2.75) is 19.3 Å². The van der Waals surface area contributed by atoms with Crippen molar-refractivity contribution in [1.29, 1.82) is 5.26 Å². The molecule has 1 aromatic rings. The van der Waals surface area contributed by atoms with Gasteiger partial charge in [0.15, 0.2) is 0 Å². The second kappa shape index (κ2) is 4.22. The number of nitrogens with zero attached hydrogens (tertiary/aromatic N) is 1. The van der Waals surface area contributed by atoms with Gasteiger partial charge >= 0.3 is 0 Å². The van der Waals surface area contributed by atoms with Crippen molar-refractivity contribution in [2.75, 3.05) is 12.3 Å². The first kappa shape index (κ1) is 9.85. The van der Waals surface area contributed by atoms with Gasteiger partial charge in [-0.25, -0.2) is 0 Å². The highest BCUT2D eigenvalue weighted by Gasteiger charge is 2.20. The molecule has 0 aliphatic heterocycles. The largest absolute Gasteiger partial charge is 0.494 e. The molecule has 0 bridgehead atoms. The third-order valence-electron chi connectivity index (χ3n) is 2.64. The molecule has 1 saturated carbocycles. The highest BCUT2D eigenvalue weighted by Crippen LogP contribution is 2.32. The molecule has 1 fully saturated rings. The van der Waals surface area contributed by atoms with Crippen molar-refractivity contribution in [1.82, 2.24) is 0 Å². The van der Waals surface area contributed by atoms with Crippen LogP contribution < -0.4 is 10.5 Å². The summed E-state index contributed by atoms with van der Waals surface area (Å²) in [5, 5.41) is 8.78. The third-order valence-corrected chi connectivity index (χ3v) is 2.64. The summed E-state index contributed by atoms with van der Waals surface area (Å²) in [7, 11) is 0. The number of nitrogens with two attached hydrogens (primary N) is 1. The summed E-state index contributed by atoms with van der Waals surface area (Å²) in [5.74, 6) is 1.61. The summed E-state index contributed by atoms with van der Waals surface area (Å²) in [6.45, 7) is 0.736. The van der Waals surface area contributed by atoms with E-state index < -0.39 is 0 Å². The van der Waals surface area contributed by atoms with E-state index in [0.717, 1.165) is 24.7 Å². The van der Waals surface area contributed by atoms with Crippen molar-refractivity contribution < 1.29 is 4.74 Å². The van der Waals surface area contributed by atoms with Crippen LogP contribution in [0.1, 0.15) is 24.8 Å². The number of nitrogen functional groups attached to an aromatic ring is 1. The van der Waals surface area contributed by atoms with Gasteiger partial charge in [-0.3, -0.25) is 0 Å². The molecule has 2 N–H and O–H groups in total. The van der Waals surface area contributed by atoms with Gasteiger partial charge in [0, 0.05) is 5.69 Å². The topological polar surface area (TPSA) is 59.0 Å². The molecule has 3 heteroatoms. The van der Waals surface area contributed by atoms with E-state index in [2.05, 4.69) is 0 Å². The molecule has 0 atom stereocenters. The Hall–Kier alpha value is -1.69. The molecule has 0 heterocycles. The van der Waals surface area contributed by atoms with Crippen LogP contribution in [0.5, 0.6) is 5.75 Å². The predicted octanol–water partition coefficient (Wildman–Crippen LogP) is 2.32. The molecule has 1 aromatic carbocycles. The number of nitriles is 1. The molecule has 0 radical (unpaired) electrons.